The molecule has 0 N–H and O–H groups in total. The Kier molecular flexibility index (Phi) is 2.40. The van der Waals surface area contributed by atoms with Gasteiger partial charge in [0.15, 0.2) is 0 Å². The lowest BCUT2D eigenvalue weighted by molar-refractivity contribution is 0.326. The number of nitrogens with zero attached hydrogens (tertiary/aromatic N) is 2. The number of likely N-dealkylation sites (tertiary alicyclic amines) is 1. The van der Waals surface area contributed by atoms with Crippen LogP contribution in [0.1, 0.15) is 12.8 Å². The molecule has 1 fully saturated rings. The zero-order valence-corrected chi connectivity index (χ0v) is 8.53. The summed E-state index contributed by atoms with van der Waals surface area (Å²) >= 11 is 0. The van der Waals surface area contributed by atoms with E-state index >= 15 is 0 Å². The Labute approximate surface area is 80.5 Å². The van der Waals surface area contributed by atoms with E-state index in [2.05, 4.69) is 42.2 Å². The Bertz CT molecular complexity index is 242. The van der Waals surface area contributed by atoms with Crippen LogP contribution in [0.15, 0.2) is 23.9 Å². The molecule has 0 spiro atoms. The summed E-state index contributed by atoms with van der Waals surface area (Å²) < 4.78 is 0. The van der Waals surface area contributed by atoms with Gasteiger partial charge in [0, 0.05) is 19.6 Å². The maximum Gasteiger partial charge on any atom is 0.0398 e. The summed E-state index contributed by atoms with van der Waals surface area (Å²) in [5.41, 5.74) is 1.57. The van der Waals surface area contributed by atoms with Crippen molar-refractivity contribution < 1.29 is 0 Å². The predicted octanol–water partition coefficient (Wildman–Crippen LogP) is 1.47. The van der Waals surface area contributed by atoms with Crippen molar-refractivity contribution in [1.29, 1.82) is 0 Å². The van der Waals surface area contributed by atoms with Crippen LogP contribution in [-0.4, -0.2) is 43.0 Å². The molecule has 0 aromatic rings. The van der Waals surface area contributed by atoms with Crippen LogP contribution in [0.5, 0.6) is 0 Å². The van der Waals surface area contributed by atoms with Crippen molar-refractivity contribution in [2.75, 3.05) is 27.2 Å². The molecule has 2 aliphatic heterocycles. The van der Waals surface area contributed by atoms with E-state index in [-0.39, 0.29) is 0 Å². The van der Waals surface area contributed by atoms with Gasteiger partial charge in [0.25, 0.3) is 0 Å². The van der Waals surface area contributed by atoms with Crippen LogP contribution >= 0.6 is 0 Å². The van der Waals surface area contributed by atoms with Crippen molar-refractivity contribution in [2.45, 2.75) is 18.9 Å². The molecule has 0 amide bonds. The second-order valence-corrected chi connectivity index (χ2v) is 4.14. The molecule has 1 unspecified atom stereocenters. The van der Waals surface area contributed by atoms with Crippen molar-refractivity contribution in [2.24, 2.45) is 0 Å². The van der Waals surface area contributed by atoms with Crippen molar-refractivity contribution in [3.63, 3.8) is 0 Å². The Morgan fingerprint density at radius 2 is 2.23 bits per heavy atom. The van der Waals surface area contributed by atoms with Gasteiger partial charge in [-0.15, -0.1) is 0 Å². The maximum absolute atomic E-state index is 2.47. The Morgan fingerprint density at radius 1 is 1.38 bits per heavy atom. The lowest BCUT2D eigenvalue weighted by atomic mass is 10.0. The number of allylic oxidation sites excluding steroid dienone is 2. The van der Waals surface area contributed by atoms with E-state index in [0.29, 0.717) is 6.04 Å². The van der Waals surface area contributed by atoms with Gasteiger partial charge in [-0.3, -0.25) is 4.90 Å². The molecular formula is C11H18N2. The molecule has 2 nitrogen and oxygen atoms in total. The van der Waals surface area contributed by atoms with Crippen molar-refractivity contribution in [3.05, 3.63) is 23.9 Å². The molecule has 1 saturated heterocycles. The molecule has 2 rings (SSSR count). The lowest BCUT2D eigenvalue weighted by Crippen LogP contribution is -2.32. The van der Waals surface area contributed by atoms with E-state index < -0.39 is 0 Å². The van der Waals surface area contributed by atoms with Gasteiger partial charge in [-0.2, -0.15) is 0 Å². The molecule has 0 radical (unpaired) electrons. The van der Waals surface area contributed by atoms with Gasteiger partial charge in [-0.25, -0.2) is 0 Å². The zero-order chi connectivity index (χ0) is 9.26. The summed E-state index contributed by atoms with van der Waals surface area (Å²) in [6.07, 6.45) is 9.27. The normalized spacial score (nSPS) is 29.5. The first-order valence-corrected chi connectivity index (χ1v) is 5.05. The first kappa shape index (κ1) is 8.82. The summed E-state index contributed by atoms with van der Waals surface area (Å²) in [6.45, 7) is 2.36. The predicted molar refractivity (Wildman–Crippen MR) is 55.5 cm³/mol. The average Bonchev–Trinajstić information content (AvgIpc) is 2.51. The topological polar surface area (TPSA) is 6.48 Å². The molecule has 2 heteroatoms. The highest BCUT2D eigenvalue weighted by atomic mass is 15.2. The molecule has 13 heavy (non-hydrogen) atoms. The van der Waals surface area contributed by atoms with Crippen LogP contribution < -0.4 is 0 Å². The molecule has 0 aromatic heterocycles. The second-order valence-electron chi connectivity index (χ2n) is 4.14. The minimum absolute atomic E-state index is 0.701. The van der Waals surface area contributed by atoms with Gasteiger partial charge in [0.2, 0.25) is 0 Å². The molecule has 0 saturated carbocycles. The first-order chi connectivity index (χ1) is 6.27. The van der Waals surface area contributed by atoms with Gasteiger partial charge in [0.1, 0.15) is 0 Å². The summed E-state index contributed by atoms with van der Waals surface area (Å²) in [7, 11) is 4.37. The van der Waals surface area contributed by atoms with E-state index in [4.69, 9.17) is 0 Å². The Balaban J connectivity index is 2.07. The van der Waals surface area contributed by atoms with Gasteiger partial charge >= 0.3 is 0 Å². The summed E-state index contributed by atoms with van der Waals surface area (Å²) in [5, 5.41) is 0. The van der Waals surface area contributed by atoms with Gasteiger partial charge < -0.3 is 4.90 Å². The largest absolute Gasteiger partial charge is 0.376 e. The van der Waals surface area contributed by atoms with E-state index in [1.807, 2.05) is 0 Å². The molecule has 0 bridgehead atoms. The highest BCUT2D eigenvalue weighted by molar-refractivity contribution is 5.24. The van der Waals surface area contributed by atoms with Crippen LogP contribution in [0.2, 0.25) is 0 Å². The molecule has 0 aromatic carbocycles. The van der Waals surface area contributed by atoms with Crippen LogP contribution in [0.25, 0.3) is 0 Å². The zero-order valence-electron chi connectivity index (χ0n) is 8.53. The van der Waals surface area contributed by atoms with Crippen molar-refractivity contribution >= 4 is 0 Å². The van der Waals surface area contributed by atoms with E-state index in [1.165, 1.54) is 19.4 Å². The fourth-order valence-electron chi connectivity index (χ4n) is 2.30. The third-order valence-electron chi connectivity index (χ3n) is 3.03. The number of hydrogen-bond acceptors (Lipinski definition) is 2. The highest BCUT2D eigenvalue weighted by Gasteiger charge is 2.24. The Morgan fingerprint density at radius 3 is 2.85 bits per heavy atom. The van der Waals surface area contributed by atoms with Crippen LogP contribution in [0.3, 0.4) is 0 Å². The van der Waals surface area contributed by atoms with Crippen LogP contribution in [-0.2, 0) is 0 Å². The fraction of sp³-hybridized carbons (Fsp3) is 0.636. The quantitative estimate of drug-likeness (QED) is 0.600. The van der Waals surface area contributed by atoms with Crippen molar-refractivity contribution in [3.8, 4) is 0 Å². The van der Waals surface area contributed by atoms with Crippen LogP contribution in [0, 0.1) is 0 Å². The second kappa shape index (κ2) is 3.54. The number of rotatable bonds is 1. The Hall–Kier alpha value is -0.760. The van der Waals surface area contributed by atoms with Crippen LogP contribution in [0.4, 0.5) is 0 Å². The number of likely N-dealkylation sites (N-methyl/N-ethyl adjacent to an activating group) is 2. The minimum Gasteiger partial charge on any atom is -0.376 e. The van der Waals surface area contributed by atoms with Gasteiger partial charge in [0.05, 0.1) is 0 Å². The molecule has 2 aliphatic rings. The minimum atomic E-state index is 0.701. The standard InChI is InChI=1S/C11H18N2/c1-12-7-3-5-10(9-12)11-6-4-8-13(11)2/h3,5,7,11H,4,6,8-9H2,1-2H3. The third kappa shape index (κ3) is 1.78. The van der Waals surface area contributed by atoms with Gasteiger partial charge in [-0.05, 0) is 44.3 Å². The molecule has 2 heterocycles. The monoisotopic (exact) mass is 178 g/mol. The molecule has 72 valence electrons. The summed E-state index contributed by atoms with van der Waals surface area (Å²) in [6, 6.07) is 0.701. The highest BCUT2D eigenvalue weighted by Crippen LogP contribution is 2.23. The molecule has 0 aliphatic carbocycles. The third-order valence-corrected chi connectivity index (χ3v) is 3.03. The molecule has 1 atom stereocenters. The average molecular weight is 178 g/mol. The van der Waals surface area contributed by atoms with E-state index in [1.54, 1.807) is 5.57 Å². The fourth-order valence-corrected chi connectivity index (χ4v) is 2.30. The molecular weight excluding hydrogens is 160 g/mol. The summed E-state index contributed by atoms with van der Waals surface area (Å²) in [5.74, 6) is 0. The van der Waals surface area contributed by atoms with Gasteiger partial charge in [-0.1, -0.05) is 6.08 Å². The smallest absolute Gasteiger partial charge is 0.0398 e. The summed E-state index contributed by atoms with van der Waals surface area (Å²) in [4.78, 5) is 4.72. The lowest BCUT2D eigenvalue weighted by Gasteiger charge is -2.27. The van der Waals surface area contributed by atoms with Crippen molar-refractivity contribution in [1.82, 2.24) is 9.80 Å². The maximum atomic E-state index is 2.47. The van der Waals surface area contributed by atoms with E-state index in [9.17, 15) is 0 Å². The SMILES string of the molecule is CN1C=CC=C(C2CCCN2C)C1. The van der Waals surface area contributed by atoms with E-state index in [0.717, 1.165) is 6.54 Å². The first-order valence-electron chi connectivity index (χ1n) is 5.05. The number of hydrogen-bond donors (Lipinski definition) is 0.